The molecule has 4 heteroatoms. The van der Waals surface area contributed by atoms with Gasteiger partial charge in [0.05, 0.1) is 0 Å². The number of thiophene rings is 1. The van der Waals surface area contributed by atoms with Crippen molar-refractivity contribution in [1.82, 2.24) is 4.98 Å². The van der Waals surface area contributed by atoms with E-state index in [-0.39, 0.29) is 5.41 Å². The van der Waals surface area contributed by atoms with Gasteiger partial charge >= 0.3 is 0 Å². The quantitative estimate of drug-likeness (QED) is 0.178. The number of fused-ring (bicyclic) bond motifs is 9. The number of nitrogens with zero attached hydrogens (tertiary/aromatic N) is 2. The van der Waals surface area contributed by atoms with Crippen molar-refractivity contribution >= 4 is 70.4 Å². The first kappa shape index (κ1) is 31.1. The molecule has 0 saturated carbocycles. The molecule has 2 aromatic heterocycles. The van der Waals surface area contributed by atoms with Gasteiger partial charge in [0.1, 0.15) is 5.52 Å². The maximum Gasteiger partial charge on any atom is 0.227 e. The highest BCUT2D eigenvalue weighted by atomic mass is 32.1. The van der Waals surface area contributed by atoms with Gasteiger partial charge in [0.2, 0.25) is 5.89 Å². The van der Waals surface area contributed by atoms with E-state index in [0.29, 0.717) is 5.89 Å². The first-order valence-electron chi connectivity index (χ1n) is 18.5. The van der Waals surface area contributed by atoms with Crippen LogP contribution in [0.5, 0.6) is 0 Å². The fraction of sp³-hybridized carbons (Fsp3) is 0.0600. The lowest BCUT2D eigenvalue weighted by molar-refractivity contribution is 0.623. The van der Waals surface area contributed by atoms with E-state index >= 15 is 0 Å². The number of benzene rings is 8. The Bertz CT molecular complexity index is 3080. The SMILES string of the molecule is CC1(C)c2ccccc2-c2cc(N(c3ccc(-c4cc5ccccc5c5oc(-c6ccccc6)nc45)cc3)c3ccc4sc5ccccc5c4c3)ccc21. The summed E-state index contributed by atoms with van der Waals surface area (Å²) < 4.78 is 9.13. The Kier molecular flexibility index (Phi) is 6.77. The molecule has 8 aromatic carbocycles. The predicted molar refractivity (Wildman–Crippen MR) is 228 cm³/mol. The van der Waals surface area contributed by atoms with Crippen molar-refractivity contribution in [2.75, 3.05) is 4.90 Å². The van der Waals surface area contributed by atoms with Crippen LogP contribution in [0.3, 0.4) is 0 Å². The largest absolute Gasteiger partial charge is 0.435 e. The highest BCUT2D eigenvalue weighted by Gasteiger charge is 2.35. The van der Waals surface area contributed by atoms with Crippen molar-refractivity contribution in [3.05, 3.63) is 181 Å². The summed E-state index contributed by atoms with van der Waals surface area (Å²) in [4.78, 5) is 7.50. The molecule has 0 amide bonds. The fourth-order valence-electron chi connectivity index (χ4n) is 8.60. The molecule has 256 valence electrons. The van der Waals surface area contributed by atoms with Crippen molar-refractivity contribution in [1.29, 1.82) is 0 Å². The lowest BCUT2D eigenvalue weighted by Gasteiger charge is -2.27. The summed E-state index contributed by atoms with van der Waals surface area (Å²) in [6, 6.07) is 61.3. The van der Waals surface area contributed by atoms with Gasteiger partial charge in [-0.05, 0) is 99.9 Å². The smallest absolute Gasteiger partial charge is 0.227 e. The molecule has 2 heterocycles. The molecule has 0 bridgehead atoms. The van der Waals surface area contributed by atoms with Crippen LogP contribution in [-0.2, 0) is 5.41 Å². The zero-order valence-corrected chi connectivity index (χ0v) is 30.7. The molecule has 11 rings (SSSR count). The summed E-state index contributed by atoms with van der Waals surface area (Å²) in [5.41, 5.74) is 13.4. The molecule has 1 aliphatic rings. The lowest BCUT2D eigenvalue weighted by Crippen LogP contribution is -2.15. The van der Waals surface area contributed by atoms with Crippen molar-refractivity contribution in [3.63, 3.8) is 0 Å². The van der Waals surface area contributed by atoms with Gasteiger partial charge in [-0.15, -0.1) is 11.3 Å². The summed E-state index contributed by atoms with van der Waals surface area (Å²) in [6.45, 7) is 4.68. The number of hydrogen-bond acceptors (Lipinski definition) is 4. The van der Waals surface area contributed by atoms with Gasteiger partial charge in [-0.3, -0.25) is 0 Å². The van der Waals surface area contributed by atoms with Crippen molar-refractivity contribution in [2.24, 2.45) is 0 Å². The fourth-order valence-corrected chi connectivity index (χ4v) is 9.69. The minimum atomic E-state index is -0.0574. The Balaban J connectivity index is 1.09. The van der Waals surface area contributed by atoms with E-state index in [1.807, 2.05) is 41.7 Å². The van der Waals surface area contributed by atoms with Crippen LogP contribution in [0.15, 0.2) is 174 Å². The van der Waals surface area contributed by atoms with Gasteiger partial charge in [-0.25, -0.2) is 4.98 Å². The third-order valence-electron chi connectivity index (χ3n) is 11.3. The second-order valence-corrected chi connectivity index (χ2v) is 15.9. The van der Waals surface area contributed by atoms with Crippen LogP contribution in [0, 0.1) is 0 Å². The molecule has 0 radical (unpaired) electrons. The van der Waals surface area contributed by atoms with E-state index in [9.17, 15) is 0 Å². The summed E-state index contributed by atoms with van der Waals surface area (Å²) in [5, 5.41) is 4.76. The van der Waals surface area contributed by atoms with Crippen molar-refractivity contribution in [3.8, 4) is 33.7 Å². The van der Waals surface area contributed by atoms with E-state index < -0.39 is 0 Å². The third-order valence-corrected chi connectivity index (χ3v) is 12.4. The third kappa shape index (κ3) is 4.70. The normalized spacial score (nSPS) is 13.1. The van der Waals surface area contributed by atoms with Crippen molar-refractivity contribution in [2.45, 2.75) is 19.3 Å². The molecule has 0 spiro atoms. The Labute approximate surface area is 317 Å². The predicted octanol–water partition coefficient (Wildman–Crippen LogP) is 14.5. The van der Waals surface area contributed by atoms with Crippen LogP contribution >= 0.6 is 11.3 Å². The lowest BCUT2D eigenvalue weighted by atomic mass is 9.82. The molecule has 0 saturated heterocycles. The Morgan fingerprint density at radius 2 is 1.17 bits per heavy atom. The Morgan fingerprint density at radius 3 is 2.04 bits per heavy atom. The van der Waals surface area contributed by atoms with E-state index in [4.69, 9.17) is 9.40 Å². The summed E-state index contributed by atoms with van der Waals surface area (Å²) in [6.07, 6.45) is 0. The van der Waals surface area contributed by atoms with Gasteiger partial charge in [0, 0.05) is 59.2 Å². The second-order valence-electron chi connectivity index (χ2n) is 14.8. The monoisotopic (exact) mass is 710 g/mol. The van der Waals surface area contributed by atoms with E-state index in [1.165, 1.54) is 42.4 Å². The molecule has 0 aliphatic heterocycles. The van der Waals surface area contributed by atoms with Crippen LogP contribution in [-0.4, -0.2) is 4.98 Å². The number of hydrogen-bond donors (Lipinski definition) is 0. The topological polar surface area (TPSA) is 29.3 Å². The van der Waals surface area contributed by atoms with E-state index in [2.05, 4.69) is 158 Å². The highest BCUT2D eigenvalue weighted by molar-refractivity contribution is 7.25. The summed E-state index contributed by atoms with van der Waals surface area (Å²) >= 11 is 1.85. The zero-order chi connectivity index (χ0) is 36.0. The summed E-state index contributed by atoms with van der Waals surface area (Å²) in [7, 11) is 0. The summed E-state index contributed by atoms with van der Waals surface area (Å²) in [5.74, 6) is 0.628. The molecule has 3 nitrogen and oxygen atoms in total. The maximum atomic E-state index is 6.52. The molecule has 1 aliphatic carbocycles. The first-order valence-corrected chi connectivity index (χ1v) is 19.3. The van der Waals surface area contributed by atoms with Gasteiger partial charge in [0.25, 0.3) is 0 Å². The molecule has 0 atom stereocenters. The zero-order valence-electron chi connectivity index (χ0n) is 29.9. The van der Waals surface area contributed by atoms with Gasteiger partial charge in [-0.1, -0.05) is 117 Å². The van der Waals surface area contributed by atoms with E-state index in [1.54, 1.807) is 0 Å². The van der Waals surface area contributed by atoms with Crippen LogP contribution in [0.2, 0.25) is 0 Å². The molecule has 10 aromatic rings. The average Bonchev–Trinajstić information content (AvgIpc) is 3.90. The molecule has 0 N–H and O–H groups in total. The average molecular weight is 711 g/mol. The van der Waals surface area contributed by atoms with Gasteiger partial charge in [-0.2, -0.15) is 0 Å². The number of oxazole rings is 1. The minimum absolute atomic E-state index is 0.0574. The van der Waals surface area contributed by atoms with Gasteiger partial charge in [0.15, 0.2) is 5.58 Å². The first-order chi connectivity index (χ1) is 26.5. The van der Waals surface area contributed by atoms with Crippen LogP contribution in [0.1, 0.15) is 25.0 Å². The Morgan fingerprint density at radius 1 is 0.500 bits per heavy atom. The molecular weight excluding hydrogens is 677 g/mol. The minimum Gasteiger partial charge on any atom is -0.435 e. The number of anilines is 3. The Hall–Kier alpha value is -6.49. The molecular formula is C50H34N2OS. The molecule has 0 fully saturated rings. The van der Waals surface area contributed by atoms with Gasteiger partial charge < -0.3 is 9.32 Å². The molecule has 54 heavy (non-hydrogen) atoms. The maximum absolute atomic E-state index is 6.52. The number of rotatable bonds is 5. The standard InChI is InChI=1S/C50H34N2OS/c1-50(2)43-18-10-8-16-38(43)41-29-35(24-26-44(41)50)52(36-25-27-46-42(30-36)39-17-9-11-19-45(39)54-46)34-22-20-31(21-23-34)40-28-33-14-6-7-15-37(33)48-47(40)51-49(53-48)32-12-4-3-5-13-32/h3-30H,1-2H3. The van der Waals surface area contributed by atoms with E-state index in [0.717, 1.165) is 55.6 Å². The van der Waals surface area contributed by atoms with Crippen LogP contribution in [0.4, 0.5) is 17.1 Å². The highest BCUT2D eigenvalue weighted by Crippen LogP contribution is 2.51. The van der Waals surface area contributed by atoms with Crippen LogP contribution in [0.25, 0.3) is 75.8 Å². The second kappa shape index (κ2) is 11.8. The molecule has 0 unspecified atom stereocenters. The van der Waals surface area contributed by atoms with Crippen LogP contribution < -0.4 is 4.90 Å². The van der Waals surface area contributed by atoms with Crippen molar-refractivity contribution < 1.29 is 4.42 Å². The number of aromatic nitrogens is 1.